The third-order valence-electron chi connectivity index (χ3n) is 2.65. The Bertz CT molecular complexity index is 348. The average Bonchev–Trinajstić information content (AvgIpc) is 2.28. The first kappa shape index (κ1) is 12.8. The predicted octanol–water partition coefficient (Wildman–Crippen LogP) is 2.41. The van der Waals surface area contributed by atoms with E-state index in [-0.39, 0.29) is 5.54 Å². The summed E-state index contributed by atoms with van der Waals surface area (Å²) in [6.07, 6.45) is 0.960. The van der Waals surface area contributed by atoms with Crippen LogP contribution in [0, 0.1) is 0 Å². The van der Waals surface area contributed by atoms with E-state index in [4.69, 9.17) is 10.5 Å². The van der Waals surface area contributed by atoms with Gasteiger partial charge in [0.25, 0.3) is 0 Å². The van der Waals surface area contributed by atoms with E-state index in [0.29, 0.717) is 6.54 Å². The molecule has 0 saturated heterocycles. The van der Waals surface area contributed by atoms with Crippen LogP contribution in [0.4, 0.5) is 5.69 Å². The first-order valence-electron chi connectivity index (χ1n) is 5.67. The molecule has 1 aromatic carbocycles. The molecule has 3 nitrogen and oxygen atoms in total. The molecule has 0 bridgehead atoms. The van der Waals surface area contributed by atoms with E-state index in [1.807, 2.05) is 12.1 Å². The topological polar surface area (TPSA) is 47.3 Å². The van der Waals surface area contributed by atoms with Crippen LogP contribution < -0.4 is 15.8 Å². The highest BCUT2D eigenvalue weighted by Gasteiger charge is 2.15. The lowest BCUT2D eigenvalue weighted by Crippen LogP contribution is -2.39. The zero-order chi connectivity index (χ0) is 12.2. The third kappa shape index (κ3) is 3.14. The van der Waals surface area contributed by atoms with E-state index in [2.05, 4.69) is 32.2 Å². The lowest BCUT2D eigenvalue weighted by atomic mass is 10.0. The highest BCUT2D eigenvalue weighted by Crippen LogP contribution is 2.24. The van der Waals surface area contributed by atoms with E-state index < -0.39 is 0 Å². The van der Waals surface area contributed by atoms with Crippen LogP contribution >= 0.6 is 0 Å². The van der Waals surface area contributed by atoms with Gasteiger partial charge in [0.1, 0.15) is 5.75 Å². The molecule has 0 spiro atoms. The standard InChI is InChI=1S/C13H22N2O/c1-5-10-8-11(6-7-12(10)16-4)15-13(2,3)9-14/h6-8,15H,5,9,14H2,1-4H3. The number of nitrogens with two attached hydrogens (primary N) is 1. The zero-order valence-corrected chi connectivity index (χ0v) is 10.6. The first-order chi connectivity index (χ1) is 7.52. The van der Waals surface area contributed by atoms with E-state index in [1.54, 1.807) is 7.11 Å². The Labute approximate surface area is 98.0 Å². The Morgan fingerprint density at radius 2 is 2.06 bits per heavy atom. The second-order valence-electron chi connectivity index (χ2n) is 4.59. The van der Waals surface area contributed by atoms with Gasteiger partial charge in [-0.15, -0.1) is 0 Å². The fraction of sp³-hybridized carbons (Fsp3) is 0.538. The Hall–Kier alpha value is -1.22. The Morgan fingerprint density at radius 1 is 1.38 bits per heavy atom. The van der Waals surface area contributed by atoms with Crippen molar-refractivity contribution in [1.29, 1.82) is 0 Å². The lowest BCUT2D eigenvalue weighted by molar-refractivity contribution is 0.410. The van der Waals surface area contributed by atoms with Gasteiger partial charge in [0, 0.05) is 17.8 Å². The van der Waals surface area contributed by atoms with Crippen LogP contribution in [0.25, 0.3) is 0 Å². The maximum Gasteiger partial charge on any atom is 0.122 e. The van der Waals surface area contributed by atoms with Crippen LogP contribution in [0.5, 0.6) is 5.75 Å². The SMILES string of the molecule is CCc1cc(NC(C)(C)CN)ccc1OC. The Balaban J connectivity index is 2.91. The molecule has 1 aromatic rings. The number of nitrogens with one attached hydrogen (secondary N) is 1. The summed E-state index contributed by atoms with van der Waals surface area (Å²) in [5.74, 6) is 0.943. The summed E-state index contributed by atoms with van der Waals surface area (Å²) in [5.41, 5.74) is 7.91. The third-order valence-corrected chi connectivity index (χ3v) is 2.65. The second kappa shape index (κ2) is 5.21. The van der Waals surface area contributed by atoms with Crippen LogP contribution in [0.3, 0.4) is 0 Å². The normalized spacial score (nSPS) is 11.3. The van der Waals surface area contributed by atoms with Gasteiger partial charge in [-0.3, -0.25) is 0 Å². The number of anilines is 1. The summed E-state index contributed by atoms with van der Waals surface area (Å²) >= 11 is 0. The molecule has 0 atom stereocenters. The quantitative estimate of drug-likeness (QED) is 0.804. The average molecular weight is 222 g/mol. The molecular weight excluding hydrogens is 200 g/mol. The molecule has 0 saturated carbocycles. The van der Waals surface area contributed by atoms with E-state index in [1.165, 1.54) is 5.56 Å². The molecule has 0 aliphatic carbocycles. The number of hydrogen-bond donors (Lipinski definition) is 2. The van der Waals surface area contributed by atoms with E-state index >= 15 is 0 Å². The van der Waals surface area contributed by atoms with Crippen molar-refractivity contribution >= 4 is 5.69 Å². The minimum absolute atomic E-state index is 0.0837. The predicted molar refractivity (Wildman–Crippen MR) is 69.1 cm³/mol. The van der Waals surface area contributed by atoms with Gasteiger partial charge in [0.05, 0.1) is 7.11 Å². The number of rotatable bonds is 5. The molecule has 0 aliphatic rings. The Morgan fingerprint density at radius 3 is 2.56 bits per heavy atom. The fourth-order valence-corrected chi connectivity index (χ4v) is 1.57. The van der Waals surface area contributed by atoms with E-state index in [9.17, 15) is 0 Å². The van der Waals surface area contributed by atoms with Crippen LogP contribution in [0.15, 0.2) is 18.2 Å². The minimum Gasteiger partial charge on any atom is -0.496 e. The maximum absolute atomic E-state index is 5.69. The summed E-state index contributed by atoms with van der Waals surface area (Å²) in [4.78, 5) is 0. The summed E-state index contributed by atoms with van der Waals surface area (Å²) in [5, 5.41) is 3.41. The minimum atomic E-state index is -0.0837. The van der Waals surface area contributed by atoms with Gasteiger partial charge in [-0.05, 0) is 44.0 Å². The van der Waals surface area contributed by atoms with Gasteiger partial charge in [-0.25, -0.2) is 0 Å². The van der Waals surface area contributed by atoms with Gasteiger partial charge in [-0.1, -0.05) is 6.92 Å². The summed E-state index contributed by atoms with van der Waals surface area (Å²) < 4.78 is 5.30. The molecule has 1 rings (SSSR count). The molecule has 0 amide bonds. The van der Waals surface area contributed by atoms with Crippen molar-refractivity contribution in [2.24, 2.45) is 5.73 Å². The molecule has 3 heteroatoms. The van der Waals surface area contributed by atoms with Crippen LogP contribution in [-0.4, -0.2) is 19.2 Å². The number of aryl methyl sites for hydroxylation is 1. The van der Waals surface area contributed by atoms with Gasteiger partial charge < -0.3 is 15.8 Å². The van der Waals surface area contributed by atoms with Crippen molar-refractivity contribution in [1.82, 2.24) is 0 Å². The molecule has 0 aliphatic heterocycles. The molecule has 16 heavy (non-hydrogen) atoms. The van der Waals surface area contributed by atoms with E-state index in [0.717, 1.165) is 17.9 Å². The van der Waals surface area contributed by atoms with Crippen LogP contribution in [-0.2, 0) is 6.42 Å². The monoisotopic (exact) mass is 222 g/mol. The van der Waals surface area contributed by atoms with Crippen LogP contribution in [0.1, 0.15) is 26.3 Å². The zero-order valence-electron chi connectivity index (χ0n) is 10.6. The molecule has 0 heterocycles. The van der Waals surface area contributed by atoms with Crippen molar-refractivity contribution in [3.63, 3.8) is 0 Å². The van der Waals surface area contributed by atoms with Gasteiger partial charge in [-0.2, -0.15) is 0 Å². The van der Waals surface area contributed by atoms with Gasteiger partial charge in [0.2, 0.25) is 0 Å². The summed E-state index contributed by atoms with van der Waals surface area (Å²) in [6.45, 7) is 6.89. The van der Waals surface area contributed by atoms with Crippen molar-refractivity contribution in [3.05, 3.63) is 23.8 Å². The van der Waals surface area contributed by atoms with Gasteiger partial charge >= 0.3 is 0 Å². The molecule has 0 radical (unpaired) electrons. The molecule has 3 N–H and O–H groups in total. The van der Waals surface area contributed by atoms with Crippen LogP contribution in [0.2, 0.25) is 0 Å². The number of benzene rings is 1. The molecule has 0 aromatic heterocycles. The first-order valence-corrected chi connectivity index (χ1v) is 5.67. The maximum atomic E-state index is 5.69. The smallest absolute Gasteiger partial charge is 0.122 e. The second-order valence-corrected chi connectivity index (χ2v) is 4.59. The summed E-state index contributed by atoms with van der Waals surface area (Å²) in [6, 6.07) is 6.14. The molecular formula is C13H22N2O. The molecule has 0 fully saturated rings. The van der Waals surface area contributed by atoms with Crippen molar-refractivity contribution < 1.29 is 4.74 Å². The van der Waals surface area contributed by atoms with Crippen molar-refractivity contribution in [2.45, 2.75) is 32.7 Å². The highest BCUT2D eigenvalue weighted by molar-refractivity contribution is 5.52. The Kier molecular flexibility index (Phi) is 4.19. The van der Waals surface area contributed by atoms with Crippen molar-refractivity contribution in [2.75, 3.05) is 19.0 Å². The number of methoxy groups -OCH3 is 1. The highest BCUT2D eigenvalue weighted by atomic mass is 16.5. The lowest BCUT2D eigenvalue weighted by Gasteiger charge is -2.26. The van der Waals surface area contributed by atoms with Gasteiger partial charge in [0.15, 0.2) is 0 Å². The number of hydrogen-bond acceptors (Lipinski definition) is 3. The summed E-state index contributed by atoms with van der Waals surface area (Å²) in [7, 11) is 1.70. The fourth-order valence-electron chi connectivity index (χ4n) is 1.57. The van der Waals surface area contributed by atoms with Crippen molar-refractivity contribution in [3.8, 4) is 5.75 Å². The molecule has 0 unspecified atom stereocenters. The largest absolute Gasteiger partial charge is 0.496 e. The molecule has 90 valence electrons. The number of ether oxygens (including phenoxy) is 1.